The molecule has 0 radical (unpaired) electrons. The summed E-state index contributed by atoms with van der Waals surface area (Å²) in [6, 6.07) is 8.78. The molecule has 1 saturated heterocycles. The number of amides is 1. The van der Waals surface area contributed by atoms with Crippen molar-refractivity contribution in [1.29, 1.82) is 0 Å². The summed E-state index contributed by atoms with van der Waals surface area (Å²) in [4.78, 5) is 30.1. The molecule has 0 unspecified atom stereocenters. The zero-order valence-corrected chi connectivity index (χ0v) is 24.6. The van der Waals surface area contributed by atoms with Crippen LogP contribution in [0.5, 0.6) is 0 Å². The van der Waals surface area contributed by atoms with E-state index < -0.39 is 5.82 Å². The van der Waals surface area contributed by atoms with E-state index in [0.29, 0.717) is 17.2 Å². The average Bonchev–Trinajstić information content (AvgIpc) is 3.61. The number of hydrogen-bond acceptors (Lipinski definition) is 4. The minimum atomic E-state index is -0.443. The van der Waals surface area contributed by atoms with E-state index in [1.807, 2.05) is 24.5 Å². The van der Waals surface area contributed by atoms with Gasteiger partial charge in [-0.1, -0.05) is 18.2 Å². The lowest BCUT2D eigenvalue weighted by Gasteiger charge is -2.32. The summed E-state index contributed by atoms with van der Waals surface area (Å²) in [7, 11) is 1.74. The summed E-state index contributed by atoms with van der Waals surface area (Å²) in [5.41, 5.74) is 9.65. The van der Waals surface area contributed by atoms with Crippen molar-refractivity contribution < 1.29 is 9.18 Å². The number of fused-ring (bicyclic) bond motifs is 2. The summed E-state index contributed by atoms with van der Waals surface area (Å²) >= 11 is 0. The lowest BCUT2D eigenvalue weighted by Crippen LogP contribution is -2.33. The van der Waals surface area contributed by atoms with Crippen LogP contribution in [0, 0.1) is 19.3 Å². The summed E-state index contributed by atoms with van der Waals surface area (Å²) in [5.74, 6) is -0.361. The van der Waals surface area contributed by atoms with Gasteiger partial charge in [0.25, 0.3) is 5.91 Å². The molecule has 0 atom stereocenters. The number of rotatable bonds is 6. The molecule has 3 heterocycles. The predicted molar refractivity (Wildman–Crippen MR) is 163 cm³/mol. The molecule has 1 aliphatic heterocycles. The second-order valence-corrected chi connectivity index (χ2v) is 11.8. The molecule has 8 heteroatoms. The number of carbonyl (C=O) groups is 1. The van der Waals surface area contributed by atoms with E-state index in [2.05, 4.69) is 45.0 Å². The molecule has 0 spiro atoms. The minimum absolute atomic E-state index is 0.0209. The number of allylic oxidation sites excluding steroid dienone is 1. The zero-order chi connectivity index (χ0) is 29.5. The van der Waals surface area contributed by atoms with Crippen LogP contribution in [0.4, 0.5) is 4.39 Å². The van der Waals surface area contributed by atoms with Crippen LogP contribution in [0.2, 0.25) is 0 Å². The van der Waals surface area contributed by atoms with Gasteiger partial charge in [-0.05, 0) is 98.6 Å². The molecule has 42 heavy (non-hydrogen) atoms. The highest BCUT2D eigenvalue weighted by molar-refractivity contribution is 5.98. The number of nitrogens with zero attached hydrogens (tertiary/aromatic N) is 6. The Balaban J connectivity index is 1.26. The Hall–Kier alpha value is -4.35. The Bertz CT molecular complexity index is 1760. The van der Waals surface area contributed by atoms with E-state index in [1.54, 1.807) is 30.5 Å². The van der Waals surface area contributed by atoms with Crippen molar-refractivity contribution >= 4 is 23.0 Å². The lowest BCUT2D eigenvalue weighted by atomic mass is 9.90. The molecular formula is C34H35FN6O. The molecule has 2 aliphatic rings. The van der Waals surface area contributed by atoms with Crippen LogP contribution in [0.1, 0.15) is 70.8 Å². The fourth-order valence-corrected chi connectivity index (χ4v) is 6.29. The van der Waals surface area contributed by atoms with Crippen LogP contribution in [0.3, 0.4) is 0 Å². The van der Waals surface area contributed by atoms with Gasteiger partial charge >= 0.3 is 0 Å². The number of benzene rings is 2. The van der Waals surface area contributed by atoms with Crippen LogP contribution in [0.15, 0.2) is 54.7 Å². The summed E-state index contributed by atoms with van der Waals surface area (Å²) in [6.07, 6.45) is 10.2. The third kappa shape index (κ3) is 4.99. The molecule has 1 fully saturated rings. The summed E-state index contributed by atoms with van der Waals surface area (Å²) in [5, 5.41) is 0. The van der Waals surface area contributed by atoms with Crippen molar-refractivity contribution in [1.82, 2.24) is 24.3 Å². The van der Waals surface area contributed by atoms with Crippen LogP contribution in [0.25, 0.3) is 27.6 Å². The van der Waals surface area contributed by atoms with E-state index in [9.17, 15) is 9.18 Å². The van der Waals surface area contributed by atoms with Gasteiger partial charge in [0.05, 0.1) is 35.1 Å². The van der Waals surface area contributed by atoms with E-state index in [0.717, 1.165) is 61.2 Å². The summed E-state index contributed by atoms with van der Waals surface area (Å²) in [6.45, 7) is 16.2. The fourth-order valence-electron chi connectivity index (χ4n) is 6.29. The van der Waals surface area contributed by atoms with E-state index in [-0.39, 0.29) is 11.9 Å². The van der Waals surface area contributed by atoms with Crippen molar-refractivity contribution in [2.45, 2.75) is 58.5 Å². The number of piperidine rings is 1. The zero-order valence-electron chi connectivity index (χ0n) is 24.6. The van der Waals surface area contributed by atoms with Crippen LogP contribution >= 0.6 is 0 Å². The number of aromatic nitrogens is 3. The van der Waals surface area contributed by atoms with Crippen molar-refractivity contribution in [3.05, 3.63) is 105 Å². The fraction of sp³-hybridized carbons (Fsp3) is 0.353. The van der Waals surface area contributed by atoms with Crippen LogP contribution < -0.4 is 0 Å². The molecule has 4 aromatic rings. The Labute approximate surface area is 246 Å². The first kappa shape index (κ1) is 27.8. The van der Waals surface area contributed by atoms with Crippen molar-refractivity contribution in [3.63, 3.8) is 0 Å². The Morgan fingerprint density at radius 1 is 1.21 bits per heavy atom. The smallest absolute Gasteiger partial charge is 0.256 e. The van der Waals surface area contributed by atoms with E-state index in [1.165, 1.54) is 34.4 Å². The summed E-state index contributed by atoms with van der Waals surface area (Å²) < 4.78 is 16.3. The molecule has 7 nitrogen and oxygen atoms in total. The molecule has 6 rings (SSSR count). The topological polar surface area (TPSA) is 58.6 Å². The minimum Gasteiger partial charge on any atom is -0.339 e. The maximum absolute atomic E-state index is 14.4. The molecule has 1 aliphatic carbocycles. The first-order valence-electron chi connectivity index (χ1n) is 14.5. The molecular weight excluding hydrogens is 527 g/mol. The largest absolute Gasteiger partial charge is 0.339 e. The SMILES string of the molecule is [C-]#[N+]C1=Cc2c(ccc(CN3CCC(c4cn(-c5ccc(F)cc5C(=O)N(C)C(C)C)c5cncnc45)CC3)c2C)C1. The van der Waals surface area contributed by atoms with Gasteiger partial charge in [-0.3, -0.25) is 9.69 Å². The van der Waals surface area contributed by atoms with E-state index >= 15 is 0 Å². The maximum Gasteiger partial charge on any atom is 0.256 e. The second kappa shape index (κ2) is 11.1. The number of halogens is 1. The maximum atomic E-state index is 14.4. The van der Waals surface area contributed by atoms with Gasteiger partial charge in [0.15, 0.2) is 5.70 Å². The van der Waals surface area contributed by atoms with Crippen LogP contribution in [-0.4, -0.2) is 56.4 Å². The molecule has 0 bridgehead atoms. The third-order valence-electron chi connectivity index (χ3n) is 9.00. The molecule has 2 aromatic heterocycles. The average molecular weight is 563 g/mol. The Morgan fingerprint density at radius 2 is 2.00 bits per heavy atom. The highest BCUT2D eigenvalue weighted by atomic mass is 19.1. The Kier molecular flexibility index (Phi) is 7.38. The quantitative estimate of drug-likeness (QED) is 0.250. The molecule has 0 N–H and O–H groups in total. The number of likely N-dealkylation sites (tertiary alicyclic amines) is 1. The first-order valence-corrected chi connectivity index (χ1v) is 14.5. The number of hydrogen-bond donors (Lipinski definition) is 0. The molecule has 0 saturated carbocycles. The van der Waals surface area contributed by atoms with Gasteiger partial charge in [0.2, 0.25) is 0 Å². The van der Waals surface area contributed by atoms with Crippen molar-refractivity contribution in [3.8, 4) is 5.69 Å². The first-order chi connectivity index (χ1) is 20.2. The number of carbonyl (C=O) groups excluding carboxylic acids is 1. The van der Waals surface area contributed by atoms with Crippen LogP contribution in [-0.2, 0) is 13.0 Å². The third-order valence-corrected chi connectivity index (χ3v) is 9.00. The standard InChI is InChI=1S/C34H35FN6O/c1-21(2)39(5)34(42)29-15-26(35)8-9-31(29)41-19-30(33-32(41)17-37-20-38-33)23-10-12-40(13-11-23)18-25-7-6-24-14-27(36-4)16-28(24)22(25)3/h6-9,15-17,19-21,23H,10-14,18H2,1-3,5H3. The normalized spacial score (nSPS) is 15.6. The monoisotopic (exact) mass is 562 g/mol. The van der Waals surface area contributed by atoms with Crippen molar-refractivity contribution in [2.75, 3.05) is 20.1 Å². The van der Waals surface area contributed by atoms with Gasteiger partial charge in [0, 0.05) is 32.3 Å². The van der Waals surface area contributed by atoms with Gasteiger partial charge in [0.1, 0.15) is 12.1 Å². The van der Waals surface area contributed by atoms with Gasteiger partial charge in [-0.15, -0.1) is 0 Å². The van der Waals surface area contributed by atoms with E-state index in [4.69, 9.17) is 6.57 Å². The highest BCUT2D eigenvalue weighted by Crippen LogP contribution is 2.36. The molecule has 1 amide bonds. The van der Waals surface area contributed by atoms with Gasteiger partial charge in [-0.2, -0.15) is 0 Å². The van der Waals surface area contributed by atoms with Crippen molar-refractivity contribution in [2.24, 2.45) is 0 Å². The predicted octanol–water partition coefficient (Wildman–Crippen LogP) is 6.54. The van der Waals surface area contributed by atoms with Gasteiger partial charge < -0.3 is 9.47 Å². The van der Waals surface area contributed by atoms with Gasteiger partial charge in [-0.25, -0.2) is 19.2 Å². The Morgan fingerprint density at radius 3 is 2.74 bits per heavy atom. The molecule has 2 aromatic carbocycles. The lowest BCUT2D eigenvalue weighted by molar-refractivity contribution is 0.0754. The molecule has 214 valence electrons. The highest BCUT2D eigenvalue weighted by Gasteiger charge is 2.27. The second-order valence-electron chi connectivity index (χ2n) is 11.8.